The van der Waals surface area contributed by atoms with Crippen molar-refractivity contribution in [2.75, 3.05) is 12.4 Å². The van der Waals surface area contributed by atoms with E-state index in [1.807, 2.05) is 66.9 Å². The van der Waals surface area contributed by atoms with Gasteiger partial charge in [-0.1, -0.05) is 40.2 Å². The molecule has 2 amide bonds. The SMILES string of the molecule is COC1=CC=C(Br)C=C(NC(=O)Nc2cccc3c2ncn3Cc2ccnc3ccccc23)C1. The molecule has 0 radical (unpaired) electrons. The summed E-state index contributed by atoms with van der Waals surface area (Å²) >= 11 is 3.47. The lowest BCUT2D eigenvalue weighted by molar-refractivity contribution is 0.253. The smallest absolute Gasteiger partial charge is 0.323 e. The number of methoxy groups -OCH3 is 1. The number of ether oxygens (including phenoxy) is 1. The first kappa shape index (κ1) is 21.9. The molecule has 0 saturated heterocycles. The highest BCUT2D eigenvalue weighted by Crippen LogP contribution is 2.25. The van der Waals surface area contributed by atoms with Crippen molar-refractivity contribution in [3.05, 3.63) is 101 Å². The second-order valence-electron chi connectivity index (χ2n) is 7.85. The monoisotopic (exact) mass is 515 g/mol. The van der Waals surface area contributed by atoms with Gasteiger partial charge in [-0.15, -0.1) is 0 Å². The molecule has 0 unspecified atom stereocenters. The Bertz CT molecular complexity index is 1480. The van der Waals surface area contributed by atoms with Crippen molar-refractivity contribution < 1.29 is 9.53 Å². The van der Waals surface area contributed by atoms with Gasteiger partial charge in [-0.25, -0.2) is 9.78 Å². The summed E-state index contributed by atoms with van der Waals surface area (Å²) in [5, 5.41) is 6.96. The molecular weight excluding hydrogens is 494 g/mol. The minimum atomic E-state index is -0.342. The maximum absolute atomic E-state index is 12.8. The number of para-hydroxylation sites is 2. The van der Waals surface area contributed by atoms with Gasteiger partial charge in [-0.2, -0.15) is 0 Å². The summed E-state index contributed by atoms with van der Waals surface area (Å²) in [5.41, 5.74) is 5.13. The maximum Gasteiger partial charge on any atom is 0.323 e. The lowest BCUT2D eigenvalue weighted by Gasteiger charge is -2.12. The van der Waals surface area contributed by atoms with Crippen LogP contribution in [0.1, 0.15) is 12.0 Å². The van der Waals surface area contributed by atoms with Crippen LogP contribution in [0.3, 0.4) is 0 Å². The van der Waals surface area contributed by atoms with Gasteiger partial charge in [0.25, 0.3) is 0 Å². The molecule has 34 heavy (non-hydrogen) atoms. The van der Waals surface area contributed by atoms with Gasteiger partial charge in [0.15, 0.2) is 0 Å². The van der Waals surface area contributed by atoms with Crippen molar-refractivity contribution in [2.24, 2.45) is 0 Å². The summed E-state index contributed by atoms with van der Waals surface area (Å²) in [6.07, 6.45) is 9.71. The van der Waals surface area contributed by atoms with Gasteiger partial charge in [0.2, 0.25) is 0 Å². The van der Waals surface area contributed by atoms with Gasteiger partial charge in [0.05, 0.1) is 30.2 Å². The maximum atomic E-state index is 12.8. The molecular formula is C26H22BrN5O2. The Morgan fingerprint density at radius 2 is 1.97 bits per heavy atom. The highest BCUT2D eigenvalue weighted by molar-refractivity contribution is 9.11. The van der Waals surface area contributed by atoms with Gasteiger partial charge < -0.3 is 19.9 Å². The number of imidazole rings is 1. The molecule has 2 aromatic carbocycles. The van der Waals surface area contributed by atoms with E-state index in [-0.39, 0.29) is 6.03 Å². The Balaban J connectivity index is 1.37. The first-order chi connectivity index (χ1) is 16.6. The number of nitrogens with one attached hydrogen (secondary N) is 2. The molecule has 2 heterocycles. The second-order valence-corrected chi connectivity index (χ2v) is 8.76. The number of nitrogens with zero attached hydrogens (tertiary/aromatic N) is 3. The van der Waals surface area contributed by atoms with Crippen molar-refractivity contribution in [3.63, 3.8) is 0 Å². The van der Waals surface area contributed by atoms with Gasteiger partial charge in [-0.3, -0.25) is 4.98 Å². The molecule has 0 spiro atoms. The Morgan fingerprint density at radius 1 is 1.09 bits per heavy atom. The van der Waals surface area contributed by atoms with Crippen LogP contribution >= 0.6 is 15.9 Å². The lowest BCUT2D eigenvalue weighted by Crippen LogP contribution is -2.28. The Labute approximate surface area is 205 Å². The molecule has 4 aromatic rings. The zero-order valence-electron chi connectivity index (χ0n) is 18.5. The Morgan fingerprint density at radius 3 is 2.85 bits per heavy atom. The molecule has 0 aliphatic heterocycles. The molecule has 170 valence electrons. The fraction of sp³-hybridized carbons (Fsp3) is 0.115. The summed E-state index contributed by atoms with van der Waals surface area (Å²) < 4.78 is 8.27. The zero-order valence-corrected chi connectivity index (χ0v) is 20.0. The predicted octanol–water partition coefficient (Wildman–Crippen LogP) is 5.85. The van der Waals surface area contributed by atoms with E-state index in [0.717, 1.165) is 37.7 Å². The summed E-state index contributed by atoms with van der Waals surface area (Å²) in [6.45, 7) is 0.647. The quantitative estimate of drug-likeness (QED) is 0.349. The highest BCUT2D eigenvalue weighted by atomic mass is 79.9. The third-order valence-electron chi connectivity index (χ3n) is 5.62. The Hall–Kier alpha value is -3.91. The second kappa shape index (κ2) is 9.52. The van der Waals surface area contributed by atoms with Crippen LogP contribution in [0.25, 0.3) is 21.9 Å². The average molecular weight is 516 g/mol. The number of carbonyl (C=O) groups excluding carboxylic acids is 1. The highest BCUT2D eigenvalue weighted by Gasteiger charge is 2.14. The summed E-state index contributed by atoms with van der Waals surface area (Å²) in [7, 11) is 1.61. The molecule has 7 nitrogen and oxygen atoms in total. The third kappa shape index (κ3) is 4.58. The number of fused-ring (bicyclic) bond motifs is 2. The van der Waals surface area contributed by atoms with E-state index in [9.17, 15) is 4.79 Å². The molecule has 0 bridgehead atoms. The lowest BCUT2D eigenvalue weighted by atomic mass is 10.1. The van der Waals surface area contributed by atoms with Crippen LogP contribution in [0.2, 0.25) is 0 Å². The minimum Gasteiger partial charge on any atom is -0.501 e. The molecule has 0 fully saturated rings. The topological polar surface area (TPSA) is 81.1 Å². The number of hydrogen-bond acceptors (Lipinski definition) is 4. The van der Waals surface area contributed by atoms with Gasteiger partial charge in [0.1, 0.15) is 11.3 Å². The number of allylic oxidation sites excluding steroid dienone is 4. The first-order valence-electron chi connectivity index (χ1n) is 10.8. The van der Waals surface area contributed by atoms with E-state index >= 15 is 0 Å². The predicted molar refractivity (Wildman–Crippen MR) is 138 cm³/mol. The van der Waals surface area contributed by atoms with Crippen molar-refractivity contribution in [2.45, 2.75) is 13.0 Å². The van der Waals surface area contributed by atoms with Crippen molar-refractivity contribution >= 4 is 49.6 Å². The van der Waals surface area contributed by atoms with Crippen LogP contribution in [0.15, 0.2) is 95.2 Å². The van der Waals surface area contributed by atoms with Crippen LogP contribution in [0, 0.1) is 0 Å². The molecule has 0 saturated carbocycles. The number of urea groups is 1. The van der Waals surface area contributed by atoms with Gasteiger partial charge in [-0.05, 0) is 48.1 Å². The van der Waals surface area contributed by atoms with E-state index < -0.39 is 0 Å². The molecule has 5 rings (SSSR count). The number of amides is 2. The largest absolute Gasteiger partial charge is 0.501 e. The van der Waals surface area contributed by atoms with Crippen LogP contribution in [-0.2, 0) is 11.3 Å². The van der Waals surface area contributed by atoms with Gasteiger partial charge in [0, 0.05) is 34.7 Å². The zero-order chi connectivity index (χ0) is 23.5. The van der Waals surface area contributed by atoms with Crippen LogP contribution in [0.4, 0.5) is 10.5 Å². The van der Waals surface area contributed by atoms with Crippen molar-refractivity contribution in [1.29, 1.82) is 0 Å². The first-order valence-corrected chi connectivity index (χ1v) is 11.6. The number of carbonyl (C=O) groups is 1. The number of pyridine rings is 1. The molecule has 8 heteroatoms. The van der Waals surface area contributed by atoms with Crippen molar-refractivity contribution in [1.82, 2.24) is 19.9 Å². The van der Waals surface area contributed by atoms with E-state index in [2.05, 4.69) is 47.2 Å². The third-order valence-corrected chi connectivity index (χ3v) is 6.11. The molecule has 2 aromatic heterocycles. The molecule has 1 aliphatic carbocycles. The fourth-order valence-corrected chi connectivity index (χ4v) is 4.40. The number of anilines is 1. The van der Waals surface area contributed by atoms with E-state index in [4.69, 9.17) is 4.74 Å². The number of hydrogen-bond donors (Lipinski definition) is 2. The molecule has 2 N–H and O–H groups in total. The molecule has 1 aliphatic rings. The molecule has 0 atom stereocenters. The van der Waals surface area contributed by atoms with E-state index in [1.54, 1.807) is 13.4 Å². The Kier molecular flexibility index (Phi) is 6.14. The number of aromatic nitrogens is 3. The number of halogens is 1. The number of rotatable bonds is 5. The summed E-state index contributed by atoms with van der Waals surface area (Å²) in [4.78, 5) is 21.8. The minimum absolute atomic E-state index is 0.342. The fourth-order valence-electron chi connectivity index (χ4n) is 4.00. The number of benzene rings is 2. The summed E-state index contributed by atoms with van der Waals surface area (Å²) in [5.74, 6) is 0.755. The average Bonchev–Trinajstić information content (AvgIpc) is 3.16. The van der Waals surface area contributed by atoms with Crippen LogP contribution < -0.4 is 10.6 Å². The van der Waals surface area contributed by atoms with Crippen LogP contribution in [0.5, 0.6) is 0 Å². The van der Waals surface area contributed by atoms with Crippen LogP contribution in [-0.4, -0.2) is 27.7 Å². The van der Waals surface area contributed by atoms with Crippen molar-refractivity contribution in [3.8, 4) is 0 Å². The van der Waals surface area contributed by atoms with E-state index in [1.165, 1.54) is 0 Å². The van der Waals surface area contributed by atoms with E-state index in [0.29, 0.717) is 24.4 Å². The normalized spacial score (nSPS) is 13.6. The standard InChI is InChI=1S/C26H22BrN5O2/c1-34-20-10-9-18(27)13-19(14-20)30-26(33)31-23-7-4-8-24-25(23)29-16-32(24)15-17-11-12-28-22-6-3-2-5-21(17)22/h2-13,16H,14-15H2,1H3,(H2,30,31,33). The van der Waals surface area contributed by atoms with Gasteiger partial charge >= 0.3 is 6.03 Å². The summed E-state index contributed by atoms with van der Waals surface area (Å²) in [6, 6.07) is 15.5.